The highest BCUT2D eigenvalue weighted by Gasteiger charge is 2.10. The number of nitrogens with zero attached hydrogens (tertiary/aromatic N) is 2. The molecule has 0 aliphatic rings. The molecule has 96 valence electrons. The lowest BCUT2D eigenvalue weighted by molar-refractivity contribution is 0.111. The number of carbonyl (C=O) groups excluding carboxylic acids is 1. The zero-order valence-corrected chi connectivity index (χ0v) is 11.3. The molecule has 4 aromatic rings. The lowest BCUT2D eigenvalue weighted by Gasteiger charge is -1.98. The van der Waals surface area contributed by atoms with Gasteiger partial charge in [-0.3, -0.25) is 9.36 Å². The van der Waals surface area contributed by atoms with Crippen LogP contribution in [-0.2, 0) is 0 Å². The third-order valence-electron chi connectivity index (χ3n) is 3.38. The number of hydrogen-bond acceptors (Lipinski definition) is 3. The summed E-state index contributed by atoms with van der Waals surface area (Å²) in [5.41, 5.74) is 1.61. The summed E-state index contributed by atoms with van der Waals surface area (Å²) in [5.74, 6) is 0. The Labute approximate surface area is 119 Å². The van der Waals surface area contributed by atoms with E-state index in [2.05, 4.69) is 24.3 Å². The third-order valence-corrected chi connectivity index (χ3v) is 4.40. The van der Waals surface area contributed by atoms with Crippen molar-refractivity contribution >= 4 is 38.6 Å². The van der Waals surface area contributed by atoms with Crippen LogP contribution in [0.3, 0.4) is 0 Å². The second kappa shape index (κ2) is 4.28. The minimum Gasteiger partial charge on any atom is -0.296 e. The average Bonchev–Trinajstić information content (AvgIpc) is 3.12. The summed E-state index contributed by atoms with van der Waals surface area (Å²) in [4.78, 5) is 15.8. The first-order valence-electron chi connectivity index (χ1n) is 6.28. The molecular formula is C16H10N2OS. The maximum Gasteiger partial charge on any atom is 0.195 e. The number of benzene rings is 2. The molecule has 0 radical (unpaired) electrons. The van der Waals surface area contributed by atoms with Crippen molar-refractivity contribution in [1.82, 2.24) is 9.55 Å². The molecule has 0 aliphatic heterocycles. The topological polar surface area (TPSA) is 34.9 Å². The van der Waals surface area contributed by atoms with E-state index in [1.807, 2.05) is 29.0 Å². The van der Waals surface area contributed by atoms with Gasteiger partial charge >= 0.3 is 0 Å². The van der Waals surface area contributed by atoms with E-state index in [1.54, 1.807) is 17.4 Å². The first-order chi connectivity index (χ1) is 9.86. The Morgan fingerprint density at radius 1 is 1.05 bits per heavy atom. The zero-order valence-electron chi connectivity index (χ0n) is 10.5. The van der Waals surface area contributed by atoms with Gasteiger partial charge in [0, 0.05) is 11.6 Å². The van der Waals surface area contributed by atoms with Crippen molar-refractivity contribution in [1.29, 1.82) is 0 Å². The number of fused-ring (bicyclic) bond motifs is 3. The third kappa shape index (κ3) is 1.58. The van der Waals surface area contributed by atoms with Crippen molar-refractivity contribution in [2.75, 3.05) is 0 Å². The van der Waals surface area contributed by atoms with Gasteiger partial charge in [0.2, 0.25) is 0 Å². The van der Waals surface area contributed by atoms with Crippen molar-refractivity contribution in [3.63, 3.8) is 0 Å². The zero-order chi connectivity index (χ0) is 13.5. The molecule has 2 heterocycles. The largest absolute Gasteiger partial charge is 0.296 e. The molecule has 2 aromatic carbocycles. The van der Waals surface area contributed by atoms with E-state index < -0.39 is 0 Å². The molecule has 0 saturated heterocycles. The maximum atomic E-state index is 11.0. The Morgan fingerprint density at radius 2 is 1.95 bits per heavy atom. The van der Waals surface area contributed by atoms with Gasteiger partial charge in [-0.1, -0.05) is 41.7 Å². The summed E-state index contributed by atoms with van der Waals surface area (Å²) >= 11 is 1.59. The minimum absolute atomic E-state index is 0.619. The van der Waals surface area contributed by atoms with Crippen LogP contribution in [0.25, 0.3) is 26.1 Å². The van der Waals surface area contributed by atoms with Crippen molar-refractivity contribution in [2.24, 2.45) is 0 Å². The van der Waals surface area contributed by atoms with E-state index in [0.717, 1.165) is 27.0 Å². The first kappa shape index (κ1) is 11.4. The van der Waals surface area contributed by atoms with Crippen molar-refractivity contribution < 1.29 is 4.79 Å². The summed E-state index contributed by atoms with van der Waals surface area (Å²) < 4.78 is 2.95. The van der Waals surface area contributed by atoms with E-state index in [1.165, 1.54) is 5.39 Å². The van der Waals surface area contributed by atoms with Crippen molar-refractivity contribution in [3.8, 4) is 5.13 Å². The summed E-state index contributed by atoms with van der Waals surface area (Å²) in [6, 6.07) is 16.0. The molecule has 0 bridgehead atoms. The van der Waals surface area contributed by atoms with Crippen LogP contribution >= 0.6 is 11.3 Å². The van der Waals surface area contributed by atoms with Crippen molar-refractivity contribution in [3.05, 3.63) is 60.4 Å². The molecule has 4 heteroatoms. The van der Waals surface area contributed by atoms with Gasteiger partial charge in [0.25, 0.3) is 0 Å². The summed E-state index contributed by atoms with van der Waals surface area (Å²) in [6.45, 7) is 0. The fourth-order valence-electron chi connectivity index (χ4n) is 2.42. The molecule has 2 aromatic heterocycles. The molecule has 0 N–H and O–H groups in total. The molecule has 0 saturated carbocycles. The predicted octanol–water partition coefficient (Wildman–Crippen LogP) is 4.05. The number of hydrogen-bond donors (Lipinski definition) is 0. The van der Waals surface area contributed by atoms with Crippen LogP contribution < -0.4 is 0 Å². The van der Waals surface area contributed by atoms with Gasteiger partial charge < -0.3 is 0 Å². The Bertz CT molecular complexity index is 936. The number of aldehydes is 1. The van der Waals surface area contributed by atoms with Crippen LogP contribution in [0.15, 0.2) is 54.7 Å². The summed E-state index contributed by atoms with van der Waals surface area (Å²) in [6.07, 6.45) is 2.72. The van der Waals surface area contributed by atoms with E-state index in [4.69, 9.17) is 4.98 Å². The summed E-state index contributed by atoms with van der Waals surface area (Å²) in [5, 5.41) is 3.15. The molecule has 4 rings (SSSR count). The lowest BCUT2D eigenvalue weighted by Crippen LogP contribution is -1.95. The Balaban J connectivity index is 2.04. The predicted molar refractivity (Wildman–Crippen MR) is 81.8 cm³/mol. The normalized spacial score (nSPS) is 11.2. The second-order valence-corrected chi connectivity index (χ2v) is 5.56. The van der Waals surface area contributed by atoms with E-state index in [9.17, 15) is 4.79 Å². The number of aromatic nitrogens is 2. The van der Waals surface area contributed by atoms with Gasteiger partial charge in [0.05, 0.1) is 15.9 Å². The van der Waals surface area contributed by atoms with Gasteiger partial charge in [0.15, 0.2) is 11.4 Å². The highest BCUT2D eigenvalue weighted by Crippen LogP contribution is 2.31. The molecule has 0 fully saturated rings. The fourth-order valence-corrected chi connectivity index (χ4v) is 3.40. The molecule has 0 aliphatic carbocycles. The molecule has 20 heavy (non-hydrogen) atoms. The van der Waals surface area contributed by atoms with E-state index in [-0.39, 0.29) is 0 Å². The van der Waals surface area contributed by atoms with E-state index >= 15 is 0 Å². The van der Waals surface area contributed by atoms with Gasteiger partial charge in [-0.25, -0.2) is 4.98 Å². The standard InChI is InChI=1S/C16H10N2OS/c19-10-12-5-3-9-18(12)16-17-15-13-6-2-1-4-11(13)7-8-14(15)20-16/h1-10H. The molecule has 0 atom stereocenters. The van der Waals surface area contributed by atoms with Gasteiger partial charge in [-0.05, 0) is 23.6 Å². The number of thiazole rings is 1. The van der Waals surface area contributed by atoms with Gasteiger partial charge in [-0.15, -0.1) is 0 Å². The minimum atomic E-state index is 0.619. The first-order valence-corrected chi connectivity index (χ1v) is 7.10. The molecular weight excluding hydrogens is 268 g/mol. The molecule has 0 spiro atoms. The van der Waals surface area contributed by atoms with Crippen LogP contribution in [0.1, 0.15) is 10.5 Å². The SMILES string of the molecule is O=Cc1cccn1-c1nc2c(ccc3ccccc32)s1. The molecule has 0 amide bonds. The molecule has 3 nitrogen and oxygen atoms in total. The quantitative estimate of drug-likeness (QED) is 0.518. The van der Waals surface area contributed by atoms with Crippen LogP contribution in [0.4, 0.5) is 0 Å². The fraction of sp³-hybridized carbons (Fsp3) is 0. The second-order valence-electron chi connectivity index (χ2n) is 4.55. The van der Waals surface area contributed by atoms with Crippen molar-refractivity contribution in [2.45, 2.75) is 0 Å². The van der Waals surface area contributed by atoms with E-state index in [0.29, 0.717) is 5.69 Å². The summed E-state index contributed by atoms with van der Waals surface area (Å²) in [7, 11) is 0. The highest BCUT2D eigenvalue weighted by atomic mass is 32.1. The smallest absolute Gasteiger partial charge is 0.195 e. The molecule has 0 unspecified atom stereocenters. The van der Waals surface area contributed by atoms with Crippen LogP contribution in [0, 0.1) is 0 Å². The Morgan fingerprint density at radius 3 is 2.85 bits per heavy atom. The Hall–Kier alpha value is -2.46. The lowest BCUT2D eigenvalue weighted by atomic mass is 10.1. The van der Waals surface area contributed by atoms with Gasteiger partial charge in [0.1, 0.15) is 0 Å². The van der Waals surface area contributed by atoms with Crippen LogP contribution in [-0.4, -0.2) is 15.8 Å². The van der Waals surface area contributed by atoms with Gasteiger partial charge in [-0.2, -0.15) is 0 Å². The van der Waals surface area contributed by atoms with Crippen LogP contribution in [0.5, 0.6) is 0 Å². The highest BCUT2D eigenvalue weighted by molar-refractivity contribution is 7.21. The maximum absolute atomic E-state index is 11.0. The van der Waals surface area contributed by atoms with Crippen LogP contribution in [0.2, 0.25) is 0 Å². The number of carbonyl (C=O) groups is 1. The average molecular weight is 278 g/mol. The number of rotatable bonds is 2. The monoisotopic (exact) mass is 278 g/mol. The Kier molecular flexibility index (Phi) is 2.44.